The molecule has 0 bridgehead atoms. The summed E-state index contributed by atoms with van der Waals surface area (Å²) in [5.41, 5.74) is 0. The normalized spacial score (nSPS) is 11.3. The molecule has 0 rings (SSSR count). The van der Waals surface area contributed by atoms with Crippen molar-refractivity contribution in [3.8, 4) is 0 Å². The van der Waals surface area contributed by atoms with E-state index in [9.17, 15) is 0 Å². The van der Waals surface area contributed by atoms with Crippen LogP contribution in [0.15, 0.2) is 0 Å². The average Bonchev–Trinajstić information content (AvgIpc) is 3.05. The van der Waals surface area contributed by atoms with Gasteiger partial charge < -0.3 is 5.11 Å². The Hall–Kier alpha value is -0.0400. The fourth-order valence-corrected chi connectivity index (χ4v) is 7.26. The van der Waals surface area contributed by atoms with E-state index >= 15 is 0 Å². The Labute approximate surface area is 295 Å². The van der Waals surface area contributed by atoms with Crippen molar-refractivity contribution in [3.05, 3.63) is 7.43 Å². The van der Waals surface area contributed by atoms with Gasteiger partial charge in [-0.2, -0.15) is 0 Å². The van der Waals surface area contributed by atoms with Crippen molar-refractivity contribution in [1.82, 2.24) is 0 Å². The van der Waals surface area contributed by atoms with Crippen LogP contribution in [0.25, 0.3) is 0 Å². The SMILES string of the molecule is CCCCCCCCCCCCCCCCCCCCCCCCCCCCCCCCCCCCCCCCCCCCO.[C]. The van der Waals surface area contributed by atoms with Crippen molar-refractivity contribution in [1.29, 1.82) is 0 Å². The minimum Gasteiger partial charge on any atom is -0.396 e. The fraction of sp³-hybridized carbons (Fsp3) is 0.978. The maximum absolute atomic E-state index is 8.80. The molecule has 0 aliphatic heterocycles. The zero-order valence-electron chi connectivity index (χ0n) is 32.4. The Kier molecular flexibility index (Phi) is 49.2. The van der Waals surface area contributed by atoms with Crippen LogP contribution < -0.4 is 0 Å². The van der Waals surface area contributed by atoms with Crippen molar-refractivity contribution < 1.29 is 5.11 Å². The summed E-state index contributed by atoms with van der Waals surface area (Å²) < 4.78 is 0. The first kappa shape index (κ1) is 48.1. The van der Waals surface area contributed by atoms with Crippen LogP contribution in [0.1, 0.15) is 277 Å². The van der Waals surface area contributed by atoms with Crippen molar-refractivity contribution in [2.45, 2.75) is 277 Å². The second kappa shape index (κ2) is 47.1. The highest BCUT2D eigenvalue weighted by atomic mass is 16.2. The van der Waals surface area contributed by atoms with Gasteiger partial charge in [0, 0.05) is 14.0 Å². The van der Waals surface area contributed by atoms with Crippen molar-refractivity contribution in [2.75, 3.05) is 6.61 Å². The molecule has 0 atom stereocenters. The lowest BCUT2D eigenvalue weighted by Crippen LogP contribution is -1.85. The number of aliphatic hydroxyl groups is 1. The standard InChI is InChI=1S/C44H90O.C/c1-2-3-4-5-6-7-8-9-10-11-12-13-14-15-16-17-18-19-20-21-22-23-24-25-26-27-28-29-30-31-32-33-34-35-36-37-38-39-40-41-42-43-44-45;/h45H,2-44H2,1H3;. The molecule has 1 nitrogen and oxygen atoms in total. The van der Waals surface area contributed by atoms with Gasteiger partial charge in [-0.25, -0.2) is 0 Å². The van der Waals surface area contributed by atoms with E-state index in [0.29, 0.717) is 6.61 Å². The molecule has 4 radical (unpaired) electrons. The maximum Gasteiger partial charge on any atom is 0.0431 e. The molecule has 276 valence electrons. The predicted molar refractivity (Wildman–Crippen MR) is 210 cm³/mol. The van der Waals surface area contributed by atoms with Crippen molar-refractivity contribution >= 4 is 0 Å². The first-order valence-corrected chi connectivity index (χ1v) is 22.0. The molecule has 0 aliphatic carbocycles. The Bertz CT molecular complexity index is 432. The van der Waals surface area contributed by atoms with E-state index in [2.05, 4.69) is 6.92 Å². The van der Waals surface area contributed by atoms with Crippen LogP contribution in [0.2, 0.25) is 0 Å². The van der Waals surface area contributed by atoms with Crippen LogP contribution in [-0.2, 0) is 0 Å². The van der Waals surface area contributed by atoms with Gasteiger partial charge in [-0.3, -0.25) is 0 Å². The summed E-state index contributed by atoms with van der Waals surface area (Å²) in [7, 11) is 0. The van der Waals surface area contributed by atoms with E-state index in [1.54, 1.807) is 0 Å². The molecule has 0 amide bonds. The van der Waals surface area contributed by atoms with Gasteiger partial charge in [0.05, 0.1) is 0 Å². The van der Waals surface area contributed by atoms with Gasteiger partial charge in [0.1, 0.15) is 0 Å². The van der Waals surface area contributed by atoms with Crippen LogP contribution in [0.4, 0.5) is 0 Å². The number of hydrogen-bond donors (Lipinski definition) is 1. The number of rotatable bonds is 42. The van der Waals surface area contributed by atoms with E-state index in [1.807, 2.05) is 0 Å². The molecule has 0 aromatic carbocycles. The summed E-state index contributed by atoms with van der Waals surface area (Å²) in [5.74, 6) is 0. The Balaban J connectivity index is 0. The first-order chi connectivity index (χ1) is 22.4. The zero-order chi connectivity index (χ0) is 32.4. The van der Waals surface area contributed by atoms with Gasteiger partial charge in [0.15, 0.2) is 0 Å². The zero-order valence-corrected chi connectivity index (χ0v) is 32.4. The molecule has 0 aliphatic rings. The summed E-state index contributed by atoms with van der Waals surface area (Å²) in [4.78, 5) is 0. The number of hydrogen-bond acceptors (Lipinski definition) is 1. The van der Waals surface area contributed by atoms with E-state index in [1.165, 1.54) is 263 Å². The van der Waals surface area contributed by atoms with Crippen LogP contribution in [-0.4, -0.2) is 11.7 Å². The average molecular weight is 647 g/mol. The summed E-state index contributed by atoms with van der Waals surface area (Å²) in [6.07, 6.45) is 61.0. The third-order valence-electron chi connectivity index (χ3n) is 10.5. The van der Waals surface area contributed by atoms with Crippen LogP contribution in [0.5, 0.6) is 0 Å². The molecule has 1 heteroatoms. The molecule has 0 fully saturated rings. The van der Waals surface area contributed by atoms with Crippen LogP contribution in [0, 0.1) is 7.43 Å². The highest BCUT2D eigenvalue weighted by Gasteiger charge is 1.98. The van der Waals surface area contributed by atoms with Crippen molar-refractivity contribution in [3.63, 3.8) is 0 Å². The van der Waals surface area contributed by atoms with Gasteiger partial charge in [-0.05, 0) is 6.42 Å². The monoisotopic (exact) mass is 647 g/mol. The quantitative estimate of drug-likeness (QED) is 0.0654. The smallest absolute Gasteiger partial charge is 0.0431 e. The Morgan fingerprint density at radius 1 is 0.196 bits per heavy atom. The minimum atomic E-state index is 0. The second-order valence-corrected chi connectivity index (χ2v) is 15.2. The fourth-order valence-electron chi connectivity index (χ4n) is 7.26. The van der Waals surface area contributed by atoms with E-state index in [-0.39, 0.29) is 7.43 Å². The van der Waals surface area contributed by atoms with Gasteiger partial charge in [-0.1, -0.05) is 270 Å². The highest BCUT2D eigenvalue weighted by molar-refractivity contribution is 4.54. The van der Waals surface area contributed by atoms with E-state index in [0.717, 1.165) is 6.42 Å². The molecule has 0 unspecified atom stereocenters. The molecule has 0 heterocycles. The lowest BCUT2D eigenvalue weighted by molar-refractivity contribution is 0.282. The third-order valence-corrected chi connectivity index (χ3v) is 10.5. The molecular weight excluding hydrogens is 556 g/mol. The molecule has 1 N–H and O–H groups in total. The van der Waals surface area contributed by atoms with Crippen LogP contribution >= 0.6 is 0 Å². The topological polar surface area (TPSA) is 20.2 Å². The van der Waals surface area contributed by atoms with Gasteiger partial charge in [-0.15, -0.1) is 0 Å². The molecule has 46 heavy (non-hydrogen) atoms. The van der Waals surface area contributed by atoms with Gasteiger partial charge in [0.25, 0.3) is 0 Å². The molecule has 0 saturated heterocycles. The molecular formula is C45H90O. The minimum absolute atomic E-state index is 0. The molecule has 0 saturated carbocycles. The Morgan fingerprint density at radius 2 is 0.304 bits per heavy atom. The highest BCUT2D eigenvalue weighted by Crippen LogP contribution is 2.18. The lowest BCUT2D eigenvalue weighted by atomic mass is 10.0. The Morgan fingerprint density at radius 3 is 0.413 bits per heavy atom. The number of unbranched alkanes of at least 4 members (excludes halogenated alkanes) is 41. The third kappa shape index (κ3) is 46.1. The van der Waals surface area contributed by atoms with Gasteiger partial charge >= 0.3 is 0 Å². The molecule has 0 spiro atoms. The number of aliphatic hydroxyl groups excluding tert-OH is 1. The van der Waals surface area contributed by atoms with Gasteiger partial charge in [0.2, 0.25) is 0 Å². The molecule has 0 aromatic rings. The summed E-state index contributed by atoms with van der Waals surface area (Å²) in [6, 6.07) is 0. The predicted octanol–water partition coefficient (Wildman–Crippen LogP) is 16.5. The first-order valence-electron chi connectivity index (χ1n) is 22.0. The summed E-state index contributed by atoms with van der Waals surface area (Å²) in [5, 5.41) is 8.80. The maximum atomic E-state index is 8.80. The summed E-state index contributed by atoms with van der Waals surface area (Å²) >= 11 is 0. The van der Waals surface area contributed by atoms with E-state index in [4.69, 9.17) is 5.11 Å². The lowest BCUT2D eigenvalue weighted by Gasteiger charge is -2.05. The van der Waals surface area contributed by atoms with Crippen LogP contribution in [0.3, 0.4) is 0 Å². The summed E-state index contributed by atoms with van der Waals surface area (Å²) in [6.45, 7) is 2.68. The van der Waals surface area contributed by atoms with E-state index < -0.39 is 0 Å². The molecule has 0 aromatic heterocycles. The second-order valence-electron chi connectivity index (χ2n) is 15.2. The van der Waals surface area contributed by atoms with Crippen molar-refractivity contribution in [2.24, 2.45) is 0 Å². The largest absolute Gasteiger partial charge is 0.396 e.